The zero-order valence-electron chi connectivity index (χ0n) is 22.5. The van der Waals surface area contributed by atoms with Crippen molar-refractivity contribution < 1.29 is 31.1 Å². The van der Waals surface area contributed by atoms with Crippen LogP contribution in [0.1, 0.15) is 43.0 Å². The van der Waals surface area contributed by atoms with E-state index in [1.165, 1.54) is 37.6 Å². The molecule has 0 radical (unpaired) electrons. The van der Waals surface area contributed by atoms with Crippen LogP contribution in [0.2, 0.25) is 0 Å². The highest BCUT2D eigenvalue weighted by molar-refractivity contribution is 7.91. The predicted molar refractivity (Wildman–Crippen MR) is 146 cm³/mol. The maximum atomic E-state index is 14.2. The monoisotopic (exact) mass is 591 g/mol. The van der Waals surface area contributed by atoms with Crippen LogP contribution in [0.5, 0.6) is 5.88 Å². The van der Waals surface area contributed by atoms with Gasteiger partial charge in [-0.1, -0.05) is 24.2 Å². The molecule has 4 rings (SSSR count). The quantitative estimate of drug-likeness (QED) is 0.202. The fourth-order valence-electron chi connectivity index (χ4n) is 4.93. The second kappa shape index (κ2) is 11.8. The summed E-state index contributed by atoms with van der Waals surface area (Å²) in [6.07, 6.45) is -3.27. The molecule has 1 N–H and O–H groups in total. The minimum absolute atomic E-state index is 0.00390. The van der Waals surface area contributed by atoms with Gasteiger partial charge >= 0.3 is 6.18 Å². The molecule has 1 unspecified atom stereocenters. The van der Waals surface area contributed by atoms with E-state index in [9.17, 15) is 26.4 Å². The zero-order chi connectivity index (χ0) is 29.9. The van der Waals surface area contributed by atoms with Gasteiger partial charge in [-0.2, -0.15) is 13.2 Å². The van der Waals surface area contributed by atoms with Crippen LogP contribution in [0.3, 0.4) is 0 Å². The lowest BCUT2D eigenvalue weighted by Crippen LogP contribution is -2.44. The fraction of sp³-hybridized carbons (Fsp3) is 0.423. The van der Waals surface area contributed by atoms with E-state index in [0.29, 0.717) is 38.8 Å². The van der Waals surface area contributed by atoms with Gasteiger partial charge in [-0.25, -0.2) is 13.4 Å². The van der Waals surface area contributed by atoms with Crippen molar-refractivity contribution in [1.29, 1.82) is 0 Å². The number of aromatic nitrogens is 2. The number of rotatable bonds is 8. The number of sulfone groups is 1. The number of nitrogens with zero attached hydrogens (tertiary/aromatic N) is 6. The molecule has 15 heteroatoms. The molecule has 218 valence electrons. The first-order chi connectivity index (χ1) is 19.3. The molecule has 41 heavy (non-hydrogen) atoms. The third-order valence-electron chi connectivity index (χ3n) is 7.03. The van der Waals surface area contributed by atoms with E-state index in [2.05, 4.69) is 25.3 Å². The number of nitrogens with one attached hydrogen (secondary N) is 1. The molecular formula is C26H28F3N7O4S. The molecule has 1 aromatic carbocycles. The number of halogens is 3. The Labute approximate surface area is 234 Å². The molecule has 0 saturated carbocycles. The van der Waals surface area contributed by atoms with Gasteiger partial charge in [0.1, 0.15) is 9.84 Å². The molecule has 0 spiro atoms. The van der Waals surface area contributed by atoms with Crippen molar-refractivity contribution in [3.8, 4) is 5.88 Å². The first-order valence-corrected chi connectivity index (χ1v) is 14.5. The van der Waals surface area contributed by atoms with Gasteiger partial charge in [0.25, 0.3) is 0 Å². The maximum Gasteiger partial charge on any atom is 0.413 e. The van der Waals surface area contributed by atoms with Crippen molar-refractivity contribution in [2.45, 2.75) is 38.0 Å². The van der Waals surface area contributed by atoms with Gasteiger partial charge in [-0.3, -0.25) is 9.78 Å². The van der Waals surface area contributed by atoms with Crippen LogP contribution in [0.25, 0.3) is 21.5 Å². The maximum absolute atomic E-state index is 14.2. The summed E-state index contributed by atoms with van der Waals surface area (Å²) in [5.74, 6) is -1.66. The van der Waals surface area contributed by atoms with Crippen LogP contribution in [-0.2, 0) is 14.6 Å². The number of benzene rings is 1. The first kappa shape index (κ1) is 29.9. The summed E-state index contributed by atoms with van der Waals surface area (Å²) in [6.45, 7) is 1.67. The van der Waals surface area contributed by atoms with Crippen molar-refractivity contribution >= 4 is 38.2 Å². The Morgan fingerprint density at radius 1 is 1.20 bits per heavy atom. The molecule has 3 aromatic rings. The van der Waals surface area contributed by atoms with Gasteiger partial charge < -0.3 is 15.0 Å². The topological polar surface area (TPSA) is 150 Å². The molecule has 3 heterocycles. The normalized spacial score (nSPS) is 16.8. The van der Waals surface area contributed by atoms with E-state index < -0.39 is 39.9 Å². The van der Waals surface area contributed by atoms with Crippen LogP contribution < -0.4 is 10.1 Å². The van der Waals surface area contributed by atoms with E-state index >= 15 is 0 Å². The highest BCUT2D eigenvalue weighted by atomic mass is 32.2. The highest BCUT2D eigenvalue weighted by Gasteiger charge is 2.46. The Bertz CT molecular complexity index is 1580. The number of carbonyl (C=O) groups is 1. The van der Waals surface area contributed by atoms with Crippen molar-refractivity contribution in [2.75, 3.05) is 31.0 Å². The number of fused-ring (bicyclic) bond motifs is 1. The molecule has 1 aliphatic heterocycles. The lowest BCUT2D eigenvalue weighted by molar-refractivity contribution is -0.190. The Hall–Kier alpha value is -4.10. The summed E-state index contributed by atoms with van der Waals surface area (Å²) in [5.41, 5.74) is 11.2. The minimum Gasteiger partial charge on any atom is -0.481 e. The third-order valence-corrected chi connectivity index (χ3v) is 8.75. The number of carbonyl (C=O) groups excluding carboxylic acids is 1. The van der Waals surface area contributed by atoms with Gasteiger partial charge in [0.15, 0.2) is 6.04 Å². The Kier molecular flexibility index (Phi) is 8.59. The SMILES string of the molecule is COc1ccc2ncc(Nc3ccc([C@H](N(C)C(=O)C4CCS(=O)(=O)CC4)C(F)(F)F)cc3)c(C(C)N=[N+]=[N-])c2n1. The van der Waals surface area contributed by atoms with Crippen molar-refractivity contribution in [3.63, 3.8) is 0 Å². The number of azide groups is 1. The zero-order valence-corrected chi connectivity index (χ0v) is 23.3. The number of amides is 1. The second-order valence-corrected chi connectivity index (χ2v) is 12.1. The van der Waals surface area contributed by atoms with Crippen molar-refractivity contribution in [3.05, 3.63) is 64.2 Å². The number of pyridine rings is 2. The largest absolute Gasteiger partial charge is 0.481 e. The Morgan fingerprint density at radius 2 is 1.85 bits per heavy atom. The number of hydrogen-bond donors (Lipinski definition) is 1. The van der Waals surface area contributed by atoms with Crippen LogP contribution >= 0.6 is 0 Å². The van der Waals surface area contributed by atoms with Crippen molar-refractivity contribution in [1.82, 2.24) is 14.9 Å². The Morgan fingerprint density at radius 3 is 2.44 bits per heavy atom. The molecule has 1 aliphatic rings. The number of anilines is 2. The average Bonchev–Trinajstić information content (AvgIpc) is 2.92. The van der Waals surface area contributed by atoms with Crippen LogP contribution in [-0.4, -0.2) is 61.0 Å². The summed E-state index contributed by atoms with van der Waals surface area (Å²) >= 11 is 0. The van der Waals surface area contributed by atoms with E-state index in [1.54, 1.807) is 19.1 Å². The summed E-state index contributed by atoms with van der Waals surface area (Å²) in [4.78, 5) is 25.3. The van der Waals surface area contributed by atoms with Gasteiger partial charge in [-0.05, 0) is 42.1 Å². The molecule has 2 atom stereocenters. The van der Waals surface area contributed by atoms with Crippen LogP contribution in [0, 0.1) is 5.92 Å². The summed E-state index contributed by atoms with van der Waals surface area (Å²) in [6, 6.07) is 5.85. The predicted octanol–water partition coefficient (Wildman–Crippen LogP) is 5.64. The van der Waals surface area contributed by atoms with Crippen molar-refractivity contribution in [2.24, 2.45) is 11.0 Å². The summed E-state index contributed by atoms with van der Waals surface area (Å²) in [5, 5.41) is 6.90. The highest BCUT2D eigenvalue weighted by Crippen LogP contribution is 2.40. The fourth-order valence-corrected chi connectivity index (χ4v) is 6.42. The molecule has 0 bridgehead atoms. The molecule has 11 nitrogen and oxygen atoms in total. The number of methoxy groups -OCH3 is 1. The lowest BCUT2D eigenvalue weighted by atomic mass is 9.98. The standard InChI is InChI=1S/C26H28F3N7O4S/c1-15(34-35-30)22-20(14-31-19-8-9-21(40-3)33-23(19)22)32-18-6-4-16(5-7-18)24(26(27,28)29)36(2)25(37)17-10-12-41(38,39)13-11-17/h4-9,14-15,17,24,32H,10-13H2,1-3H3/t15?,24-/m0/s1. The number of alkyl halides is 3. The number of ether oxygens (including phenoxy) is 1. The second-order valence-electron chi connectivity index (χ2n) is 9.75. The van der Waals surface area contributed by atoms with E-state index in [0.717, 1.165) is 7.05 Å². The molecule has 1 saturated heterocycles. The molecule has 2 aromatic heterocycles. The van der Waals surface area contributed by atoms with Crippen LogP contribution in [0.4, 0.5) is 24.5 Å². The van der Waals surface area contributed by atoms with Gasteiger partial charge in [0.05, 0.1) is 47.6 Å². The lowest BCUT2D eigenvalue weighted by Gasteiger charge is -2.34. The number of hydrogen-bond acceptors (Lipinski definition) is 8. The van der Waals surface area contributed by atoms with Crippen LogP contribution in [0.15, 0.2) is 47.7 Å². The smallest absolute Gasteiger partial charge is 0.413 e. The molecule has 1 fully saturated rings. The average molecular weight is 592 g/mol. The summed E-state index contributed by atoms with van der Waals surface area (Å²) < 4.78 is 71.2. The summed E-state index contributed by atoms with van der Waals surface area (Å²) in [7, 11) is -0.729. The molecule has 1 amide bonds. The van der Waals surface area contributed by atoms with E-state index in [-0.39, 0.29) is 29.9 Å². The first-order valence-electron chi connectivity index (χ1n) is 12.6. The van der Waals surface area contributed by atoms with Gasteiger partial charge in [-0.15, -0.1) is 0 Å². The molecular weight excluding hydrogens is 563 g/mol. The van der Waals surface area contributed by atoms with Gasteiger partial charge in [0, 0.05) is 35.2 Å². The molecule has 0 aliphatic carbocycles. The van der Waals surface area contributed by atoms with E-state index in [1.807, 2.05) is 0 Å². The third kappa shape index (κ3) is 6.63. The Balaban J connectivity index is 1.63. The van der Waals surface area contributed by atoms with E-state index in [4.69, 9.17) is 10.3 Å². The van der Waals surface area contributed by atoms with Gasteiger partial charge in [0.2, 0.25) is 11.8 Å². The minimum atomic E-state index is -4.77.